The van der Waals surface area contributed by atoms with Crippen LogP contribution in [0, 0.1) is 5.82 Å². The van der Waals surface area contributed by atoms with Gasteiger partial charge in [-0.15, -0.1) is 0 Å². The maximum atomic E-state index is 13.7. The Labute approximate surface area is 99.5 Å². The molecule has 1 heterocycles. The topological polar surface area (TPSA) is 33.4 Å². The van der Waals surface area contributed by atoms with Gasteiger partial charge in [0, 0.05) is 5.56 Å². The SMILES string of the molecule is OC(c1ccco1)c1cccc(C(F)(F)F)c1F. The lowest BCUT2D eigenvalue weighted by Gasteiger charge is -2.14. The number of benzene rings is 1. The fourth-order valence-electron chi connectivity index (χ4n) is 1.58. The number of aliphatic hydroxyl groups is 1. The highest BCUT2D eigenvalue weighted by atomic mass is 19.4. The minimum Gasteiger partial charge on any atom is -0.466 e. The van der Waals surface area contributed by atoms with E-state index >= 15 is 0 Å². The summed E-state index contributed by atoms with van der Waals surface area (Å²) in [7, 11) is 0. The highest BCUT2D eigenvalue weighted by molar-refractivity contribution is 5.32. The van der Waals surface area contributed by atoms with Gasteiger partial charge in [-0.2, -0.15) is 13.2 Å². The normalized spacial score (nSPS) is 13.6. The Morgan fingerprint density at radius 1 is 1.11 bits per heavy atom. The third kappa shape index (κ3) is 2.24. The molecule has 0 amide bonds. The van der Waals surface area contributed by atoms with Gasteiger partial charge in [-0.3, -0.25) is 0 Å². The van der Waals surface area contributed by atoms with Crippen molar-refractivity contribution in [3.05, 3.63) is 59.3 Å². The molecule has 1 aromatic carbocycles. The van der Waals surface area contributed by atoms with E-state index < -0.39 is 29.2 Å². The number of furan rings is 1. The molecule has 0 aliphatic carbocycles. The zero-order chi connectivity index (χ0) is 13.3. The molecular weight excluding hydrogens is 252 g/mol. The molecule has 0 saturated carbocycles. The van der Waals surface area contributed by atoms with Gasteiger partial charge in [-0.1, -0.05) is 12.1 Å². The molecule has 1 N–H and O–H groups in total. The minimum atomic E-state index is -4.80. The van der Waals surface area contributed by atoms with Crippen LogP contribution >= 0.6 is 0 Å². The molecule has 0 fully saturated rings. The van der Waals surface area contributed by atoms with Crippen LogP contribution in [0.5, 0.6) is 0 Å². The predicted octanol–water partition coefficient (Wildman–Crippen LogP) is 3.52. The van der Waals surface area contributed by atoms with Crippen LogP contribution in [0.4, 0.5) is 17.6 Å². The first-order valence-corrected chi connectivity index (χ1v) is 4.98. The molecule has 6 heteroatoms. The van der Waals surface area contributed by atoms with Crippen LogP contribution in [-0.4, -0.2) is 5.11 Å². The van der Waals surface area contributed by atoms with Crippen LogP contribution in [0.25, 0.3) is 0 Å². The Morgan fingerprint density at radius 2 is 1.83 bits per heavy atom. The Hall–Kier alpha value is -1.82. The van der Waals surface area contributed by atoms with Gasteiger partial charge >= 0.3 is 6.18 Å². The Bertz CT molecular complexity index is 532. The molecule has 96 valence electrons. The molecule has 1 aromatic heterocycles. The first-order valence-electron chi connectivity index (χ1n) is 4.98. The van der Waals surface area contributed by atoms with Gasteiger partial charge in [0.1, 0.15) is 17.7 Å². The average Bonchev–Trinajstić information content (AvgIpc) is 2.80. The predicted molar refractivity (Wildman–Crippen MR) is 54.2 cm³/mol. The summed E-state index contributed by atoms with van der Waals surface area (Å²) in [4.78, 5) is 0. The van der Waals surface area contributed by atoms with Crippen molar-refractivity contribution in [1.82, 2.24) is 0 Å². The second-order valence-electron chi connectivity index (χ2n) is 3.62. The molecule has 0 bridgehead atoms. The number of alkyl halides is 3. The number of aliphatic hydroxyl groups excluding tert-OH is 1. The van der Waals surface area contributed by atoms with E-state index in [1.165, 1.54) is 18.4 Å². The second-order valence-corrected chi connectivity index (χ2v) is 3.62. The largest absolute Gasteiger partial charge is 0.466 e. The first kappa shape index (κ1) is 12.6. The third-order valence-electron chi connectivity index (χ3n) is 2.44. The van der Waals surface area contributed by atoms with Crippen LogP contribution < -0.4 is 0 Å². The van der Waals surface area contributed by atoms with E-state index in [0.717, 1.165) is 12.1 Å². The van der Waals surface area contributed by atoms with E-state index in [1.54, 1.807) is 0 Å². The fraction of sp³-hybridized carbons (Fsp3) is 0.167. The number of hydrogen-bond acceptors (Lipinski definition) is 2. The van der Waals surface area contributed by atoms with Gasteiger partial charge in [0.2, 0.25) is 0 Å². The van der Waals surface area contributed by atoms with Crippen LogP contribution in [0.2, 0.25) is 0 Å². The third-order valence-corrected chi connectivity index (χ3v) is 2.44. The van der Waals surface area contributed by atoms with Gasteiger partial charge in [0.15, 0.2) is 0 Å². The van der Waals surface area contributed by atoms with Crippen molar-refractivity contribution in [1.29, 1.82) is 0 Å². The van der Waals surface area contributed by atoms with Crippen LogP contribution in [-0.2, 0) is 6.18 Å². The van der Waals surface area contributed by atoms with Crippen molar-refractivity contribution in [2.24, 2.45) is 0 Å². The highest BCUT2D eigenvalue weighted by Crippen LogP contribution is 2.35. The maximum Gasteiger partial charge on any atom is 0.419 e. The van der Waals surface area contributed by atoms with Gasteiger partial charge in [0.25, 0.3) is 0 Å². The molecule has 1 unspecified atom stereocenters. The van der Waals surface area contributed by atoms with Crippen molar-refractivity contribution in [2.45, 2.75) is 12.3 Å². The number of rotatable bonds is 2. The Kier molecular flexibility index (Phi) is 3.13. The smallest absolute Gasteiger partial charge is 0.419 e. The summed E-state index contributed by atoms with van der Waals surface area (Å²) in [5.41, 5.74) is -1.88. The number of hydrogen-bond donors (Lipinski definition) is 1. The molecule has 0 saturated heterocycles. The van der Waals surface area contributed by atoms with E-state index in [1.807, 2.05) is 0 Å². The minimum absolute atomic E-state index is 0.0202. The van der Waals surface area contributed by atoms with E-state index in [9.17, 15) is 22.7 Å². The summed E-state index contributed by atoms with van der Waals surface area (Å²) in [6.45, 7) is 0. The van der Waals surface area contributed by atoms with Crippen LogP contribution in [0.3, 0.4) is 0 Å². The number of halogens is 4. The summed E-state index contributed by atoms with van der Waals surface area (Å²) >= 11 is 0. The Balaban J connectivity index is 2.47. The second kappa shape index (κ2) is 4.45. The highest BCUT2D eigenvalue weighted by Gasteiger charge is 2.36. The van der Waals surface area contributed by atoms with Crippen molar-refractivity contribution in [3.8, 4) is 0 Å². The summed E-state index contributed by atoms with van der Waals surface area (Å²) < 4.78 is 56.0. The molecule has 2 rings (SSSR count). The quantitative estimate of drug-likeness (QED) is 0.838. The summed E-state index contributed by atoms with van der Waals surface area (Å²) in [5, 5.41) is 9.75. The van der Waals surface area contributed by atoms with Crippen molar-refractivity contribution in [2.75, 3.05) is 0 Å². The fourth-order valence-corrected chi connectivity index (χ4v) is 1.58. The van der Waals surface area contributed by atoms with E-state index in [4.69, 9.17) is 4.42 Å². The summed E-state index contributed by atoms with van der Waals surface area (Å²) in [6.07, 6.45) is -5.13. The average molecular weight is 260 g/mol. The van der Waals surface area contributed by atoms with Gasteiger partial charge < -0.3 is 9.52 Å². The molecule has 18 heavy (non-hydrogen) atoms. The van der Waals surface area contributed by atoms with Gasteiger partial charge in [-0.25, -0.2) is 4.39 Å². The van der Waals surface area contributed by atoms with Crippen molar-refractivity contribution in [3.63, 3.8) is 0 Å². The molecule has 0 aliphatic heterocycles. The molecule has 0 radical (unpaired) electrons. The molecule has 2 nitrogen and oxygen atoms in total. The lowest BCUT2D eigenvalue weighted by Crippen LogP contribution is -2.12. The summed E-state index contributed by atoms with van der Waals surface area (Å²) in [5.74, 6) is -1.51. The van der Waals surface area contributed by atoms with Gasteiger partial charge in [0.05, 0.1) is 11.8 Å². The van der Waals surface area contributed by atoms with E-state index in [-0.39, 0.29) is 5.76 Å². The lowest BCUT2D eigenvalue weighted by atomic mass is 10.0. The molecule has 1 atom stereocenters. The van der Waals surface area contributed by atoms with E-state index in [0.29, 0.717) is 6.07 Å². The monoisotopic (exact) mass is 260 g/mol. The van der Waals surface area contributed by atoms with Crippen molar-refractivity contribution >= 4 is 0 Å². The maximum absolute atomic E-state index is 13.7. The van der Waals surface area contributed by atoms with Crippen molar-refractivity contribution < 1.29 is 27.1 Å². The van der Waals surface area contributed by atoms with E-state index in [2.05, 4.69) is 0 Å². The zero-order valence-corrected chi connectivity index (χ0v) is 8.91. The molecule has 2 aromatic rings. The molecular formula is C12H8F4O2. The lowest BCUT2D eigenvalue weighted by molar-refractivity contribution is -0.140. The van der Waals surface area contributed by atoms with Crippen LogP contribution in [0.15, 0.2) is 41.0 Å². The van der Waals surface area contributed by atoms with Crippen LogP contribution in [0.1, 0.15) is 23.0 Å². The standard InChI is InChI=1S/C12H8F4O2/c13-10-7(11(17)9-5-2-6-18-9)3-1-4-8(10)12(14,15)16/h1-6,11,17H. The molecule has 0 spiro atoms. The first-order chi connectivity index (χ1) is 8.41. The summed E-state index contributed by atoms with van der Waals surface area (Å²) in [6, 6.07) is 5.54. The zero-order valence-electron chi connectivity index (χ0n) is 8.91. The van der Waals surface area contributed by atoms with Gasteiger partial charge in [-0.05, 0) is 18.2 Å². The Morgan fingerprint density at radius 3 is 2.39 bits per heavy atom. The molecule has 0 aliphatic rings.